The summed E-state index contributed by atoms with van der Waals surface area (Å²) in [5.41, 5.74) is 0.260. The van der Waals surface area contributed by atoms with Gasteiger partial charge in [0.25, 0.3) is 0 Å². The Morgan fingerprint density at radius 2 is 2.28 bits per heavy atom. The number of benzene rings is 1. The number of piperidine rings is 1. The van der Waals surface area contributed by atoms with Crippen LogP contribution in [0.25, 0.3) is 0 Å². The molecule has 3 nitrogen and oxygen atoms in total. The van der Waals surface area contributed by atoms with Crippen molar-refractivity contribution in [3.8, 4) is 0 Å². The summed E-state index contributed by atoms with van der Waals surface area (Å²) < 4.78 is 13.3. The highest BCUT2D eigenvalue weighted by Crippen LogP contribution is 2.18. The van der Waals surface area contributed by atoms with Crippen molar-refractivity contribution in [2.24, 2.45) is 5.92 Å². The Morgan fingerprint density at radius 1 is 1.44 bits per heavy atom. The van der Waals surface area contributed by atoms with Gasteiger partial charge < -0.3 is 5.32 Å². The van der Waals surface area contributed by atoms with Crippen molar-refractivity contribution in [3.63, 3.8) is 0 Å². The summed E-state index contributed by atoms with van der Waals surface area (Å²) in [6, 6.07) is 6.23. The average molecular weight is 249 g/mol. The zero-order valence-electron chi connectivity index (χ0n) is 10.4. The van der Waals surface area contributed by atoms with Crippen LogP contribution in [0.3, 0.4) is 0 Å². The molecule has 1 fully saturated rings. The van der Waals surface area contributed by atoms with Crippen molar-refractivity contribution in [1.82, 2.24) is 5.32 Å². The predicted octanol–water partition coefficient (Wildman–Crippen LogP) is 2.56. The molecule has 1 N–H and O–H groups in total. The number of hydrogen-bond acceptors (Lipinski definition) is 1. The first-order chi connectivity index (χ1) is 8.75. The zero-order chi connectivity index (χ0) is 12.8. The van der Waals surface area contributed by atoms with Crippen LogP contribution >= 0.6 is 0 Å². The van der Waals surface area contributed by atoms with Crippen LogP contribution in [0.15, 0.2) is 24.3 Å². The smallest absolute Gasteiger partial charge is 0.224 e. The molecule has 0 aliphatic carbocycles. The van der Waals surface area contributed by atoms with E-state index in [1.165, 1.54) is 6.07 Å². The van der Waals surface area contributed by atoms with Gasteiger partial charge >= 0.3 is 0 Å². The van der Waals surface area contributed by atoms with E-state index in [1.807, 2.05) is 0 Å². The van der Waals surface area contributed by atoms with Crippen molar-refractivity contribution in [3.05, 3.63) is 30.1 Å². The minimum Gasteiger partial charge on any atom is -0.324 e. The molecule has 2 rings (SSSR count). The van der Waals surface area contributed by atoms with E-state index < -0.39 is 5.82 Å². The van der Waals surface area contributed by atoms with Crippen molar-refractivity contribution >= 4 is 11.6 Å². The van der Waals surface area contributed by atoms with Gasteiger partial charge in [-0.1, -0.05) is 12.1 Å². The van der Waals surface area contributed by atoms with Crippen molar-refractivity contribution in [2.75, 3.05) is 18.4 Å². The first-order valence-corrected chi connectivity index (χ1v) is 6.43. The normalized spacial score (nSPS) is 19.5. The van der Waals surface area contributed by atoms with E-state index in [4.69, 9.17) is 0 Å². The van der Waals surface area contributed by atoms with Crippen molar-refractivity contribution < 1.29 is 9.18 Å². The third-order valence-corrected chi connectivity index (χ3v) is 3.24. The monoisotopic (exact) mass is 249 g/mol. The summed E-state index contributed by atoms with van der Waals surface area (Å²) in [6.45, 7) is 1.82. The summed E-state index contributed by atoms with van der Waals surface area (Å²) in [4.78, 5) is 11.7. The molecule has 18 heavy (non-hydrogen) atoms. The van der Waals surface area contributed by atoms with E-state index in [-0.39, 0.29) is 11.6 Å². The number of nitrogens with one attached hydrogen (secondary N) is 1. The van der Waals surface area contributed by atoms with Gasteiger partial charge in [-0.15, -0.1) is 0 Å². The Labute approximate surface area is 107 Å². The summed E-state index contributed by atoms with van der Waals surface area (Å²) in [7, 11) is 0. The van der Waals surface area contributed by atoms with Crippen LogP contribution in [-0.4, -0.2) is 19.0 Å². The molecule has 1 heterocycles. The number of hydrogen-bond donors (Lipinski definition) is 1. The van der Waals surface area contributed by atoms with Gasteiger partial charge in [-0.2, -0.15) is 0 Å². The number of halogens is 1. The van der Waals surface area contributed by atoms with Crippen LogP contribution < -0.4 is 10.6 Å². The number of carbonyl (C=O) groups excluding carboxylic acids is 1. The Kier molecular flexibility index (Phi) is 4.70. The summed E-state index contributed by atoms with van der Waals surface area (Å²) >= 11 is 0. The van der Waals surface area contributed by atoms with E-state index in [0.717, 1.165) is 32.4 Å². The Bertz CT molecular complexity index is 403. The van der Waals surface area contributed by atoms with Gasteiger partial charge in [-0.3, -0.25) is 4.79 Å². The molecule has 1 aliphatic heterocycles. The molecular weight excluding hydrogens is 231 g/mol. The third kappa shape index (κ3) is 3.81. The van der Waals surface area contributed by atoms with E-state index >= 15 is 0 Å². The number of amides is 1. The number of rotatable bonds is 4. The van der Waals surface area contributed by atoms with Gasteiger partial charge in [0.1, 0.15) is 5.82 Å². The maximum absolute atomic E-state index is 13.3. The SMILES string of the molecule is O=C(CCC1CCC[N]C1)Nc1ccccc1F. The van der Waals surface area contributed by atoms with Gasteiger partial charge in [0.2, 0.25) is 5.91 Å². The standard InChI is InChI=1S/C14H18FN2O/c15-12-5-1-2-6-13(12)17-14(18)8-7-11-4-3-9-16-10-11/h1-2,5-6,11H,3-4,7-10H2,(H,17,18). The minimum atomic E-state index is -0.390. The lowest BCUT2D eigenvalue weighted by molar-refractivity contribution is -0.116. The highest BCUT2D eigenvalue weighted by molar-refractivity contribution is 5.90. The molecule has 1 aromatic carbocycles. The number of anilines is 1. The molecule has 1 atom stereocenters. The van der Waals surface area contributed by atoms with Gasteiger partial charge in [-0.25, -0.2) is 9.71 Å². The van der Waals surface area contributed by atoms with Crippen LogP contribution in [0, 0.1) is 11.7 Å². The Hall–Kier alpha value is -1.42. The van der Waals surface area contributed by atoms with Gasteiger partial charge in [0.05, 0.1) is 5.69 Å². The maximum atomic E-state index is 13.3. The second-order valence-corrected chi connectivity index (χ2v) is 4.70. The Morgan fingerprint density at radius 3 is 3.00 bits per heavy atom. The molecule has 1 radical (unpaired) electrons. The number of carbonyl (C=O) groups is 1. The van der Waals surface area contributed by atoms with E-state index in [1.54, 1.807) is 18.2 Å². The lowest BCUT2D eigenvalue weighted by atomic mass is 9.94. The molecule has 1 aliphatic rings. The fourth-order valence-corrected chi connectivity index (χ4v) is 2.20. The highest BCUT2D eigenvalue weighted by Gasteiger charge is 2.15. The van der Waals surface area contributed by atoms with E-state index in [9.17, 15) is 9.18 Å². The molecule has 0 aromatic heterocycles. The van der Waals surface area contributed by atoms with Crippen LogP contribution in [0.4, 0.5) is 10.1 Å². The predicted molar refractivity (Wildman–Crippen MR) is 68.9 cm³/mol. The molecule has 0 saturated carbocycles. The Balaban J connectivity index is 1.76. The fraction of sp³-hybridized carbons (Fsp3) is 0.500. The van der Waals surface area contributed by atoms with Gasteiger partial charge in [0.15, 0.2) is 0 Å². The summed E-state index contributed by atoms with van der Waals surface area (Å²) in [5, 5.41) is 6.95. The lowest BCUT2D eigenvalue weighted by Gasteiger charge is -2.20. The molecule has 1 saturated heterocycles. The molecule has 1 aromatic rings. The van der Waals surface area contributed by atoms with Crippen molar-refractivity contribution in [2.45, 2.75) is 25.7 Å². The molecule has 1 unspecified atom stereocenters. The largest absolute Gasteiger partial charge is 0.324 e. The molecule has 0 bridgehead atoms. The molecule has 0 spiro atoms. The van der Waals surface area contributed by atoms with Crippen LogP contribution in [-0.2, 0) is 4.79 Å². The number of para-hydroxylation sites is 1. The topological polar surface area (TPSA) is 43.2 Å². The number of nitrogens with zero attached hydrogens (tertiary/aromatic N) is 1. The zero-order valence-corrected chi connectivity index (χ0v) is 10.4. The second kappa shape index (κ2) is 6.50. The summed E-state index contributed by atoms with van der Waals surface area (Å²) in [6.07, 6.45) is 3.55. The second-order valence-electron chi connectivity index (χ2n) is 4.70. The quantitative estimate of drug-likeness (QED) is 0.875. The van der Waals surface area contributed by atoms with Crippen LogP contribution in [0.1, 0.15) is 25.7 Å². The van der Waals surface area contributed by atoms with Crippen molar-refractivity contribution in [1.29, 1.82) is 0 Å². The third-order valence-electron chi connectivity index (χ3n) is 3.24. The average Bonchev–Trinajstić information content (AvgIpc) is 2.40. The van der Waals surface area contributed by atoms with Gasteiger partial charge in [-0.05, 0) is 37.3 Å². The van der Waals surface area contributed by atoms with Gasteiger partial charge in [0, 0.05) is 19.5 Å². The molecular formula is C14H18FN2O. The molecule has 97 valence electrons. The molecule has 4 heteroatoms. The minimum absolute atomic E-state index is 0.120. The maximum Gasteiger partial charge on any atom is 0.224 e. The first kappa shape index (κ1) is 13.0. The van der Waals surface area contributed by atoms with Crippen LogP contribution in [0.5, 0.6) is 0 Å². The first-order valence-electron chi connectivity index (χ1n) is 6.43. The molecule has 1 amide bonds. The summed E-state index contributed by atoms with van der Waals surface area (Å²) in [5.74, 6) is 0.00862. The van der Waals surface area contributed by atoms with E-state index in [0.29, 0.717) is 12.3 Å². The fourth-order valence-electron chi connectivity index (χ4n) is 2.20. The van der Waals surface area contributed by atoms with E-state index in [2.05, 4.69) is 10.6 Å². The lowest BCUT2D eigenvalue weighted by Crippen LogP contribution is -2.25. The van der Waals surface area contributed by atoms with Crippen LogP contribution in [0.2, 0.25) is 0 Å². The highest BCUT2D eigenvalue weighted by atomic mass is 19.1.